The Morgan fingerprint density at radius 2 is 2.35 bits per heavy atom. The monoisotopic (exact) mass is 232 g/mol. The molecule has 0 spiro atoms. The summed E-state index contributed by atoms with van der Waals surface area (Å²) in [7, 11) is 0. The maximum Gasteiger partial charge on any atom is 0.312 e. The lowest BCUT2D eigenvalue weighted by Gasteiger charge is -2.20. The van der Waals surface area contributed by atoms with E-state index in [0.717, 1.165) is 24.2 Å². The average molecular weight is 232 g/mol. The largest absolute Gasteiger partial charge is 0.481 e. The fourth-order valence-electron chi connectivity index (χ4n) is 2.38. The Hall–Kier alpha value is -1.98. The molecule has 17 heavy (non-hydrogen) atoms. The molecule has 0 aromatic carbocycles. The zero-order valence-electron chi connectivity index (χ0n) is 9.42. The van der Waals surface area contributed by atoms with Gasteiger partial charge in [0.2, 0.25) is 0 Å². The summed E-state index contributed by atoms with van der Waals surface area (Å²) >= 11 is 0. The van der Waals surface area contributed by atoms with Crippen molar-refractivity contribution in [1.29, 1.82) is 0 Å². The molecule has 1 aliphatic rings. The van der Waals surface area contributed by atoms with Crippen molar-refractivity contribution in [2.24, 2.45) is 0 Å². The number of carboxylic acids is 1. The Morgan fingerprint density at radius 1 is 1.53 bits per heavy atom. The molecule has 0 fully saturated rings. The van der Waals surface area contributed by atoms with E-state index in [1.54, 1.807) is 4.52 Å². The summed E-state index contributed by atoms with van der Waals surface area (Å²) in [5.74, 6) is -1.37. The molecule has 2 aromatic rings. The van der Waals surface area contributed by atoms with E-state index in [0.29, 0.717) is 17.8 Å². The van der Waals surface area contributed by atoms with E-state index < -0.39 is 11.9 Å². The maximum atomic E-state index is 11.2. The van der Waals surface area contributed by atoms with Gasteiger partial charge < -0.3 is 5.11 Å². The quantitative estimate of drug-likeness (QED) is 0.791. The second kappa shape index (κ2) is 3.51. The Bertz CT molecular complexity index is 605. The number of rotatable bonds is 1. The standard InChI is InChI=1S/C11H12N4O2/c1-6-5-9-12-13-10-7(11(16)17)3-2-4-8(10)15(9)14-6/h5,7H,2-4H2,1H3,(H,16,17). The summed E-state index contributed by atoms with van der Waals surface area (Å²) in [6.07, 6.45) is 2.29. The number of aliphatic carboxylic acids is 1. The molecule has 0 aliphatic heterocycles. The van der Waals surface area contributed by atoms with Gasteiger partial charge in [0.15, 0.2) is 5.65 Å². The van der Waals surface area contributed by atoms with E-state index in [1.807, 2.05) is 13.0 Å². The molecule has 0 saturated heterocycles. The second-order valence-electron chi connectivity index (χ2n) is 4.37. The predicted octanol–water partition coefficient (Wildman–Crippen LogP) is 0.937. The predicted molar refractivity (Wildman–Crippen MR) is 58.8 cm³/mol. The molecule has 2 heterocycles. The van der Waals surface area contributed by atoms with Crippen LogP contribution in [-0.4, -0.2) is 30.9 Å². The van der Waals surface area contributed by atoms with Crippen molar-refractivity contribution < 1.29 is 9.90 Å². The summed E-state index contributed by atoms with van der Waals surface area (Å²) in [4.78, 5) is 11.2. The summed E-state index contributed by atoms with van der Waals surface area (Å²) in [5.41, 5.74) is 3.01. The van der Waals surface area contributed by atoms with Crippen LogP contribution >= 0.6 is 0 Å². The number of nitrogens with zero attached hydrogens (tertiary/aromatic N) is 4. The van der Waals surface area contributed by atoms with E-state index in [-0.39, 0.29) is 0 Å². The van der Waals surface area contributed by atoms with Gasteiger partial charge in [-0.15, -0.1) is 5.10 Å². The first-order valence-electron chi connectivity index (χ1n) is 5.61. The third-order valence-electron chi connectivity index (χ3n) is 3.16. The Morgan fingerprint density at radius 3 is 3.12 bits per heavy atom. The van der Waals surface area contributed by atoms with E-state index in [4.69, 9.17) is 5.11 Å². The SMILES string of the molecule is Cc1cc2nnc3c(n2n1)CCCC3C(=O)O. The minimum atomic E-state index is -0.830. The zero-order valence-corrected chi connectivity index (χ0v) is 9.42. The molecule has 0 amide bonds. The van der Waals surface area contributed by atoms with E-state index in [9.17, 15) is 4.79 Å². The van der Waals surface area contributed by atoms with Crippen LogP contribution in [0.4, 0.5) is 0 Å². The first-order chi connectivity index (χ1) is 8.16. The summed E-state index contributed by atoms with van der Waals surface area (Å²) in [6.45, 7) is 1.89. The molecular formula is C11H12N4O2. The highest BCUT2D eigenvalue weighted by Crippen LogP contribution is 2.29. The van der Waals surface area contributed by atoms with E-state index in [1.165, 1.54) is 0 Å². The van der Waals surface area contributed by atoms with Gasteiger partial charge in [-0.3, -0.25) is 4.79 Å². The highest BCUT2D eigenvalue weighted by molar-refractivity contribution is 5.76. The van der Waals surface area contributed by atoms with Crippen LogP contribution in [0.5, 0.6) is 0 Å². The number of carboxylic acid groups (broad SMARTS) is 1. The van der Waals surface area contributed by atoms with Crippen LogP contribution in [0.15, 0.2) is 6.07 Å². The van der Waals surface area contributed by atoms with Crippen molar-refractivity contribution in [3.63, 3.8) is 0 Å². The van der Waals surface area contributed by atoms with Crippen LogP contribution in [0.25, 0.3) is 5.65 Å². The molecule has 0 saturated carbocycles. The fourth-order valence-corrected chi connectivity index (χ4v) is 2.38. The van der Waals surface area contributed by atoms with E-state index in [2.05, 4.69) is 15.3 Å². The maximum absolute atomic E-state index is 11.2. The van der Waals surface area contributed by atoms with Crippen LogP contribution in [-0.2, 0) is 11.2 Å². The lowest BCUT2D eigenvalue weighted by atomic mass is 9.90. The lowest BCUT2D eigenvalue weighted by molar-refractivity contribution is -0.139. The molecule has 88 valence electrons. The van der Waals surface area contributed by atoms with Gasteiger partial charge in [-0.2, -0.15) is 10.2 Å². The molecule has 2 aromatic heterocycles. The van der Waals surface area contributed by atoms with Gasteiger partial charge in [-0.25, -0.2) is 4.52 Å². The van der Waals surface area contributed by atoms with Crippen LogP contribution in [0.1, 0.15) is 35.8 Å². The molecule has 0 bridgehead atoms. The second-order valence-corrected chi connectivity index (χ2v) is 4.37. The van der Waals surface area contributed by atoms with Gasteiger partial charge in [0.05, 0.1) is 17.1 Å². The molecule has 1 N–H and O–H groups in total. The van der Waals surface area contributed by atoms with Gasteiger partial charge in [0, 0.05) is 6.07 Å². The normalized spacial score (nSPS) is 19.2. The van der Waals surface area contributed by atoms with Crippen molar-refractivity contribution in [3.05, 3.63) is 23.1 Å². The third-order valence-corrected chi connectivity index (χ3v) is 3.16. The van der Waals surface area contributed by atoms with Crippen molar-refractivity contribution in [2.45, 2.75) is 32.1 Å². The molecule has 0 radical (unpaired) electrons. The van der Waals surface area contributed by atoms with Gasteiger partial charge in [0.25, 0.3) is 0 Å². The topological polar surface area (TPSA) is 80.4 Å². The molecule has 1 unspecified atom stereocenters. The molecule has 1 atom stereocenters. The molecule has 6 heteroatoms. The van der Waals surface area contributed by atoms with Crippen LogP contribution < -0.4 is 0 Å². The third kappa shape index (κ3) is 1.48. The van der Waals surface area contributed by atoms with Gasteiger partial charge in [0.1, 0.15) is 5.92 Å². The fraction of sp³-hybridized carbons (Fsp3) is 0.455. The van der Waals surface area contributed by atoms with Crippen molar-refractivity contribution >= 4 is 11.6 Å². The molecule has 6 nitrogen and oxygen atoms in total. The minimum Gasteiger partial charge on any atom is -0.481 e. The summed E-state index contributed by atoms with van der Waals surface area (Å²) in [5, 5.41) is 21.6. The summed E-state index contributed by atoms with van der Waals surface area (Å²) < 4.78 is 1.73. The van der Waals surface area contributed by atoms with E-state index >= 15 is 0 Å². The van der Waals surface area contributed by atoms with Crippen LogP contribution in [0.2, 0.25) is 0 Å². The first kappa shape index (κ1) is 10.2. The van der Waals surface area contributed by atoms with Gasteiger partial charge >= 0.3 is 5.97 Å². The number of fused-ring (bicyclic) bond motifs is 3. The Kier molecular flexibility index (Phi) is 2.10. The smallest absolute Gasteiger partial charge is 0.312 e. The lowest BCUT2D eigenvalue weighted by Crippen LogP contribution is -2.23. The van der Waals surface area contributed by atoms with Crippen molar-refractivity contribution in [1.82, 2.24) is 19.8 Å². The number of aryl methyl sites for hydroxylation is 2. The minimum absolute atomic E-state index is 0.542. The van der Waals surface area contributed by atoms with Crippen LogP contribution in [0, 0.1) is 6.92 Å². The van der Waals surface area contributed by atoms with Gasteiger partial charge in [-0.1, -0.05) is 0 Å². The number of hydrogen-bond acceptors (Lipinski definition) is 4. The van der Waals surface area contributed by atoms with Crippen molar-refractivity contribution in [3.8, 4) is 0 Å². The van der Waals surface area contributed by atoms with Crippen molar-refractivity contribution in [2.75, 3.05) is 0 Å². The number of carbonyl (C=O) groups is 1. The highest BCUT2D eigenvalue weighted by atomic mass is 16.4. The molecular weight excluding hydrogens is 220 g/mol. The highest BCUT2D eigenvalue weighted by Gasteiger charge is 2.30. The van der Waals surface area contributed by atoms with Crippen LogP contribution in [0.3, 0.4) is 0 Å². The molecule has 3 rings (SSSR count). The number of hydrogen-bond donors (Lipinski definition) is 1. The Labute approximate surface area is 97.3 Å². The number of aromatic nitrogens is 4. The van der Waals surface area contributed by atoms with Gasteiger partial charge in [-0.05, 0) is 26.2 Å². The Balaban J connectivity index is 2.25. The zero-order chi connectivity index (χ0) is 12.0. The average Bonchev–Trinajstić information content (AvgIpc) is 2.68. The molecule has 1 aliphatic carbocycles. The summed E-state index contributed by atoms with van der Waals surface area (Å²) in [6, 6.07) is 1.84. The first-order valence-corrected chi connectivity index (χ1v) is 5.61.